The van der Waals surface area contributed by atoms with Crippen LogP contribution in [-0.4, -0.2) is 35.3 Å². The van der Waals surface area contributed by atoms with Gasteiger partial charge in [-0.05, 0) is 12.1 Å². The first-order valence-corrected chi connectivity index (χ1v) is 11.6. The third-order valence-corrected chi connectivity index (χ3v) is 6.06. The Labute approximate surface area is 181 Å². The third kappa shape index (κ3) is 5.32. The van der Waals surface area contributed by atoms with Crippen LogP contribution in [0.4, 0.5) is 5.13 Å². The first-order valence-electron chi connectivity index (χ1n) is 9.03. The smallest absolute Gasteiger partial charge is 0.336 e. The number of aromatic nitrogens is 3. The number of carbonyl (C=O) groups excluding carboxylic acids is 1. The molecule has 2 aromatic carbocycles. The molecule has 31 heavy (non-hydrogen) atoms. The Bertz CT molecular complexity index is 1270. The van der Waals surface area contributed by atoms with Crippen molar-refractivity contribution in [3.63, 3.8) is 0 Å². The van der Waals surface area contributed by atoms with Crippen molar-refractivity contribution in [1.82, 2.24) is 15.2 Å². The lowest BCUT2D eigenvalue weighted by atomic mass is 10.2. The van der Waals surface area contributed by atoms with E-state index in [-0.39, 0.29) is 12.5 Å². The molecular formula is C20H16N4O5S2. The molecule has 11 heteroatoms. The number of thiazole rings is 1. The zero-order chi connectivity index (χ0) is 21.7. The predicted molar refractivity (Wildman–Crippen MR) is 113 cm³/mol. The predicted octanol–water partition coefficient (Wildman–Crippen LogP) is 3.18. The van der Waals surface area contributed by atoms with Crippen molar-refractivity contribution in [2.75, 3.05) is 11.1 Å². The van der Waals surface area contributed by atoms with Gasteiger partial charge in [0.2, 0.25) is 15.7 Å². The van der Waals surface area contributed by atoms with Crippen LogP contribution in [0.15, 0.2) is 75.7 Å². The molecule has 0 bridgehead atoms. The molecule has 0 fully saturated rings. The number of ether oxygens (including phenoxy) is 1. The monoisotopic (exact) mass is 456 g/mol. The molecule has 0 atom stereocenters. The number of nitrogens with one attached hydrogen (secondary N) is 1. The first kappa shape index (κ1) is 20.7. The average molecular weight is 457 g/mol. The van der Waals surface area contributed by atoms with Crippen LogP contribution in [0.5, 0.6) is 5.75 Å². The highest BCUT2D eigenvalue weighted by Crippen LogP contribution is 2.24. The maximum atomic E-state index is 12.4. The summed E-state index contributed by atoms with van der Waals surface area (Å²) in [6, 6.07) is 18.3. The number of benzene rings is 2. The lowest BCUT2D eigenvalue weighted by Gasteiger charge is -2.02. The average Bonchev–Trinajstić information content (AvgIpc) is 3.43. The molecule has 1 amide bonds. The van der Waals surface area contributed by atoms with Gasteiger partial charge in [0.15, 0.2) is 11.7 Å². The second-order valence-corrected chi connectivity index (χ2v) is 9.00. The van der Waals surface area contributed by atoms with Crippen LogP contribution in [0.2, 0.25) is 0 Å². The van der Waals surface area contributed by atoms with Crippen LogP contribution in [-0.2, 0) is 21.2 Å². The van der Waals surface area contributed by atoms with Crippen LogP contribution < -0.4 is 10.1 Å². The van der Waals surface area contributed by atoms with E-state index in [0.717, 1.165) is 5.56 Å². The number of sulfone groups is 1. The van der Waals surface area contributed by atoms with E-state index in [4.69, 9.17) is 9.15 Å². The lowest BCUT2D eigenvalue weighted by Crippen LogP contribution is -2.23. The van der Waals surface area contributed by atoms with Gasteiger partial charge in [0.1, 0.15) is 11.5 Å². The normalized spacial score (nSPS) is 11.2. The molecule has 4 aromatic rings. The van der Waals surface area contributed by atoms with E-state index < -0.39 is 26.7 Å². The van der Waals surface area contributed by atoms with E-state index in [2.05, 4.69) is 20.5 Å². The van der Waals surface area contributed by atoms with Crippen LogP contribution in [0.1, 0.15) is 5.89 Å². The minimum atomic E-state index is -4.12. The van der Waals surface area contributed by atoms with Crippen molar-refractivity contribution < 1.29 is 22.4 Å². The molecule has 0 aliphatic rings. The van der Waals surface area contributed by atoms with Crippen LogP contribution in [0.3, 0.4) is 0 Å². The molecule has 0 saturated heterocycles. The molecule has 0 saturated carbocycles. The van der Waals surface area contributed by atoms with Crippen molar-refractivity contribution in [2.45, 2.75) is 11.8 Å². The Balaban J connectivity index is 1.36. The number of hydrogen-bond acceptors (Lipinski definition) is 9. The molecule has 0 aliphatic carbocycles. The van der Waals surface area contributed by atoms with Gasteiger partial charge in [0.25, 0.3) is 5.89 Å². The third-order valence-electron chi connectivity index (χ3n) is 3.96. The summed E-state index contributed by atoms with van der Waals surface area (Å²) in [6.07, 6.45) is 0. The fourth-order valence-electron chi connectivity index (χ4n) is 2.55. The van der Waals surface area contributed by atoms with E-state index in [9.17, 15) is 13.2 Å². The molecule has 0 unspecified atom stereocenters. The number of nitrogens with zero attached hydrogens (tertiary/aromatic N) is 3. The topological polar surface area (TPSA) is 124 Å². The molecular weight excluding hydrogens is 440 g/mol. The van der Waals surface area contributed by atoms with Gasteiger partial charge in [0, 0.05) is 10.9 Å². The summed E-state index contributed by atoms with van der Waals surface area (Å²) in [6.45, 7) is -0.0971. The Morgan fingerprint density at radius 2 is 1.74 bits per heavy atom. The van der Waals surface area contributed by atoms with Crippen LogP contribution in [0.25, 0.3) is 11.3 Å². The summed E-state index contributed by atoms with van der Waals surface area (Å²) in [5.74, 6) is -1.05. The fourth-order valence-corrected chi connectivity index (χ4v) is 4.21. The first-order chi connectivity index (χ1) is 15.0. The second kappa shape index (κ2) is 9.06. The summed E-state index contributed by atoms with van der Waals surface area (Å²) < 4.78 is 35.5. The Morgan fingerprint density at radius 1 is 1.03 bits per heavy atom. The Kier molecular flexibility index (Phi) is 6.05. The van der Waals surface area contributed by atoms with Crippen molar-refractivity contribution in [1.29, 1.82) is 0 Å². The minimum absolute atomic E-state index is 0.0183. The highest BCUT2D eigenvalue weighted by molar-refractivity contribution is 7.91. The van der Waals surface area contributed by atoms with E-state index >= 15 is 0 Å². The van der Waals surface area contributed by atoms with E-state index in [1.807, 2.05) is 36.4 Å². The summed E-state index contributed by atoms with van der Waals surface area (Å²) in [5.41, 5.74) is 1.58. The van der Waals surface area contributed by atoms with Crippen LogP contribution in [0, 0.1) is 0 Å². The zero-order valence-electron chi connectivity index (χ0n) is 16.0. The number of carbonyl (C=O) groups is 1. The minimum Gasteiger partial charge on any atom is -0.484 e. The number of anilines is 1. The van der Waals surface area contributed by atoms with Gasteiger partial charge in [-0.15, -0.1) is 16.4 Å². The standard InChI is InChI=1S/C20H16N4O5S2/c25-17(22-19-21-16(12-30-19)14-7-3-1-4-8-14)13-31(26,27)20-24-23-18(29-20)11-28-15-9-5-2-6-10-15/h1-10,12H,11,13H2,(H,21,22,25). The zero-order valence-corrected chi connectivity index (χ0v) is 17.6. The Hall–Kier alpha value is -3.57. The molecule has 158 valence electrons. The number of rotatable bonds is 8. The largest absolute Gasteiger partial charge is 0.484 e. The van der Waals surface area contributed by atoms with Gasteiger partial charge in [-0.1, -0.05) is 53.6 Å². The summed E-state index contributed by atoms with van der Waals surface area (Å²) >= 11 is 1.20. The maximum absolute atomic E-state index is 12.4. The number of hydrogen-bond donors (Lipinski definition) is 1. The maximum Gasteiger partial charge on any atom is 0.336 e. The molecule has 1 N–H and O–H groups in total. The molecule has 0 radical (unpaired) electrons. The van der Waals surface area contributed by atoms with Gasteiger partial charge in [-0.2, -0.15) is 0 Å². The summed E-state index contributed by atoms with van der Waals surface area (Å²) in [4.78, 5) is 16.5. The van der Waals surface area contributed by atoms with E-state index in [0.29, 0.717) is 16.6 Å². The Morgan fingerprint density at radius 3 is 2.48 bits per heavy atom. The molecule has 2 aromatic heterocycles. The summed E-state index contributed by atoms with van der Waals surface area (Å²) in [5, 5.41) is 11.1. The van der Waals surface area contributed by atoms with Crippen molar-refractivity contribution >= 4 is 32.2 Å². The van der Waals surface area contributed by atoms with E-state index in [1.54, 1.807) is 29.6 Å². The lowest BCUT2D eigenvalue weighted by molar-refractivity contribution is -0.113. The molecule has 0 spiro atoms. The molecule has 0 aliphatic heterocycles. The fraction of sp³-hybridized carbons (Fsp3) is 0.100. The van der Waals surface area contributed by atoms with Crippen molar-refractivity contribution in [3.8, 4) is 17.0 Å². The SMILES string of the molecule is O=C(CS(=O)(=O)c1nnc(COc2ccccc2)o1)Nc1nc(-c2ccccc2)cs1. The molecule has 4 rings (SSSR count). The van der Waals surface area contributed by atoms with Gasteiger partial charge < -0.3 is 14.5 Å². The second-order valence-electron chi connectivity index (χ2n) is 6.27. The number of para-hydroxylation sites is 1. The van der Waals surface area contributed by atoms with Gasteiger partial charge in [0.05, 0.1) is 5.69 Å². The highest BCUT2D eigenvalue weighted by atomic mass is 32.2. The highest BCUT2D eigenvalue weighted by Gasteiger charge is 2.26. The van der Waals surface area contributed by atoms with Crippen molar-refractivity contribution in [3.05, 3.63) is 71.9 Å². The van der Waals surface area contributed by atoms with Gasteiger partial charge in [-0.25, -0.2) is 13.4 Å². The van der Waals surface area contributed by atoms with Crippen LogP contribution >= 0.6 is 11.3 Å². The summed E-state index contributed by atoms with van der Waals surface area (Å²) in [7, 11) is -4.12. The molecule has 2 heterocycles. The van der Waals surface area contributed by atoms with Crippen molar-refractivity contribution in [2.24, 2.45) is 0 Å². The van der Waals surface area contributed by atoms with Gasteiger partial charge >= 0.3 is 5.22 Å². The number of amides is 1. The quantitative estimate of drug-likeness (QED) is 0.429. The molecule has 9 nitrogen and oxygen atoms in total. The van der Waals surface area contributed by atoms with Gasteiger partial charge in [-0.3, -0.25) is 4.79 Å². The van der Waals surface area contributed by atoms with E-state index in [1.165, 1.54) is 11.3 Å².